The van der Waals surface area contributed by atoms with Crippen molar-refractivity contribution >= 4 is 11.7 Å². The number of non-ortho nitro benzene ring substituents is 1. The number of carbonyl (C=O) groups is 1. The van der Waals surface area contributed by atoms with Gasteiger partial charge in [-0.2, -0.15) is 0 Å². The minimum absolute atomic E-state index is 0.0983. The predicted molar refractivity (Wildman–Crippen MR) is 44.3 cm³/mol. The highest BCUT2D eigenvalue weighted by Crippen LogP contribution is 2.13. The maximum atomic E-state index is 10.9. The Morgan fingerprint density at radius 1 is 1.50 bits per heavy atom. The first-order valence-electron chi connectivity index (χ1n) is 3.43. The summed E-state index contributed by atoms with van der Waals surface area (Å²) >= 11 is 0. The Kier molecular flexibility index (Phi) is 2.85. The average Bonchev–Trinajstić information content (AvgIpc) is 2.18. The zero-order chi connectivity index (χ0) is 10.6. The van der Waals surface area contributed by atoms with E-state index in [4.69, 9.17) is 0 Å². The van der Waals surface area contributed by atoms with Crippen LogP contribution in [0.3, 0.4) is 0 Å². The molecule has 0 atom stereocenters. The van der Waals surface area contributed by atoms with Crippen molar-refractivity contribution in [2.24, 2.45) is 5.34 Å². The molecular weight excluding hydrogens is 192 g/mol. The molecule has 0 spiro atoms. The fraction of sp³-hybridized carbons (Fsp3) is 0. The molecule has 0 heterocycles. The lowest BCUT2D eigenvalue weighted by Crippen LogP contribution is -2.00. The van der Waals surface area contributed by atoms with Gasteiger partial charge in [0.2, 0.25) is 0 Å². The van der Waals surface area contributed by atoms with Crippen LogP contribution < -0.4 is 0 Å². The SMILES string of the molecule is O=NOC(=O)c1cccc([N+](=O)[O-])c1. The molecule has 1 aromatic rings. The van der Waals surface area contributed by atoms with Crippen molar-refractivity contribution in [3.05, 3.63) is 44.9 Å². The van der Waals surface area contributed by atoms with Gasteiger partial charge in [0.05, 0.1) is 10.5 Å². The molecule has 72 valence electrons. The Morgan fingerprint density at radius 2 is 2.21 bits per heavy atom. The Labute approximate surface area is 77.4 Å². The van der Waals surface area contributed by atoms with E-state index in [1.54, 1.807) is 0 Å². The second-order valence-electron chi connectivity index (χ2n) is 2.26. The van der Waals surface area contributed by atoms with Crippen molar-refractivity contribution < 1.29 is 14.6 Å². The van der Waals surface area contributed by atoms with Crippen molar-refractivity contribution in [2.75, 3.05) is 0 Å². The highest BCUT2D eigenvalue weighted by molar-refractivity contribution is 5.89. The summed E-state index contributed by atoms with van der Waals surface area (Å²) in [5, 5.41) is 12.2. The van der Waals surface area contributed by atoms with E-state index < -0.39 is 10.9 Å². The third kappa shape index (κ3) is 2.09. The largest absolute Gasteiger partial charge is 0.369 e. The van der Waals surface area contributed by atoms with E-state index in [2.05, 4.69) is 4.84 Å². The van der Waals surface area contributed by atoms with Crippen molar-refractivity contribution in [3.8, 4) is 0 Å². The van der Waals surface area contributed by atoms with Crippen LogP contribution in [0.15, 0.2) is 29.6 Å². The summed E-state index contributed by atoms with van der Waals surface area (Å²) in [6, 6.07) is 4.79. The molecule has 7 heteroatoms. The van der Waals surface area contributed by atoms with E-state index in [1.807, 2.05) is 5.34 Å². The van der Waals surface area contributed by atoms with E-state index in [1.165, 1.54) is 18.2 Å². The van der Waals surface area contributed by atoms with Crippen LogP contribution in [0.5, 0.6) is 0 Å². The van der Waals surface area contributed by atoms with Gasteiger partial charge in [-0.05, 0) is 6.07 Å². The lowest BCUT2D eigenvalue weighted by molar-refractivity contribution is -0.384. The number of hydrogen-bond donors (Lipinski definition) is 0. The normalized spacial score (nSPS) is 9.14. The maximum absolute atomic E-state index is 10.9. The van der Waals surface area contributed by atoms with Gasteiger partial charge in [0.15, 0.2) is 5.34 Å². The standard InChI is InChI=1S/C7H4N2O5/c10-7(14-8-11)5-2-1-3-6(4-5)9(12)13/h1-4H. The molecule has 0 aliphatic carbocycles. The number of rotatable bonds is 3. The van der Waals surface area contributed by atoms with Crippen molar-refractivity contribution in [1.29, 1.82) is 0 Å². The van der Waals surface area contributed by atoms with Crippen LogP contribution in [-0.4, -0.2) is 10.9 Å². The Morgan fingerprint density at radius 3 is 2.79 bits per heavy atom. The first-order chi connectivity index (χ1) is 6.65. The van der Waals surface area contributed by atoms with E-state index in [9.17, 15) is 19.8 Å². The summed E-state index contributed by atoms with van der Waals surface area (Å²) in [6.07, 6.45) is 0. The van der Waals surface area contributed by atoms with Crippen LogP contribution in [0, 0.1) is 15.0 Å². The molecule has 0 N–H and O–H groups in total. The molecule has 0 saturated carbocycles. The highest BCUT2D eigenvalue weighted by atomic mass is 16.7. The topological polar surface area (TPSA) is 98.9 Å². The molecule has 0 saturated heterocycles. The van der Waals surface area contributed by atoms with Gasteiger partial charge in [0.25, 0.3) is 5.69 Å². The first kappa shape index (κ1) is 9.78. The van der Waals surface area contributed by atoms with Crippen molar-refractivity contribution in [2.45, 2.75) is 0 Å². The van der Waals surface area contributed by atoms with Gasteiger partial charge in [-0.1, -0.05) is 6.07 Å². The summed E-state index contributed by atoms with van der Waals surface area (Å²) in [4.78, 5) is 33.9. The van der Waals surface area contributed by atoms with E-state index in [0.717, 1.165) is 6.07 Å². The van der Waals surface area contributed by atoms with E-state index in [-0.39, 0.29) is 11.3 Å². The predicted octanol–water partition coefficient (Wildman–Crippen LogP) is 1.43. The van der Waals surface area contributed by atoms with Crippen LogP contribution in [-0.2, 0) is 4.84 Å². The minimum Gasteiger partial charge on any atom is -0.279 e. The molecule has 0 fully saturated rings. The molecule has 1 rings (SSSR count). The monoisotopic (exact) mass is 196 g/mol. The van der Waals surface area contributed by atoms with Crippen LogP contribution in [0.2, 0.25) is 0 Å². The summed E-state index contributed by atoms with van der Waals surface area (Å²) in [7, 11) is 0. The molecule has 0 aliphatic rings. The van der Waals surface area contributed by atoms with Gasteiger partial charge in [-0.25, -0.2) is 4.79 Å². The van der Waals surface area contributed by atoms with Crippen LogP contribution >= 0.6 is 0 Å². The van der Waals surface area contributed by atoms with Gasteiger partial charge in [0, 0.05) is 12.1 Å². The third-order valence-corrected chi connectivity index (χ3v) is 1.41. The quantitative estimate of drug-likeness (QED) is 0.413. The van der Waals surface area contributed by atoms with E-state index >= 15 is 0 Å². The fourth-order valence-corrected chi connectivity index (χ4v) is 0.833. The summed E-state index contributed by atoms with van der Waals surface area (Å²) in [6.45, 7) is 0. The molecule has 0 aliphatic heterocycles. The van der Waals surface area contributed by atoms with Gasteiger partial charge >= 0.3 is 5.97 Å². The molecule has 0 radical (unpaired) electrons. The van der Waals surface area contributed by atoms with E-state index in [0.29, 0.717) is 0 Å². The van der Waals surface area contributed by atoms with Gasteiger partial charge in [-0.3, -0.25) is 15.0 Å². The zero-order valence-electron chi connectivity index (χ0n) is 6.75. The summed E-state index contributed by atoms with van der Waals surface area (Å²) in [5.74, 6) is -1.02. The van der Waals surface area contributed by atoms with Crippen LogP contribution in [0.4, 0.5) is 5.69 Å². The zero-order valence-corrected chi connectivity index (χ0v) is 6.75. The van der Waals surface area contributed by atoms with Gasteiger partial charge in [-0.15, -0.1) is 4.91 Å². The Balaban J connectivity index is 2.99. The second kappa shape index (κ2) is 4.08. The smallest absolute Gasteiger partial charge is 0.279 e. The molecule has 7 nitrogen and oxygen atoms in total. The molecule has 0 bridgehead atoms. The molecule has 14 heavy (non-hydrogen) atoms. The molecule has 1 aromatic carbocycles. The number of nitrogens with zero attached hydrogens (tertiary/aromatic N) is 2. The lowest BCUT2D eigenvalue weighted by Gasteiger charge is -1.95. The van der Waals surface area contributed by atoms with Crippen molar-refractivity contribution in [3.63, 3.8) is 0 Å². The van der Waals surface area contributed by atoms with Crippen molar-refractivity contribution in [1.82, 2.24) is 0 Å². The average molecular weight is 196 g/mol. The van der Waals surface area contributed by atoms with Crippen LogP contribution in [0.1, 0.15) is 10.4 Å². The van der Waals surface area contributed by atoms with Crippen LogP contribution in [0.25, 0.3) is 0 Å². The number of hydrogen-bond acceptors (Lipinski definition) is 6. The lowest BCUT2D eigenvalue weighted by atomic mass is 10.2. The summed E-state index contributed by atoms with van der Waals surface area (Å²) < 4.78 is 0. The fourth-order valence-electron chi connectivity index (χ4n) is 0.833. The Bertz CT molecular complexity index is 389. The third-order valence-electron chi connectivity index (χ3n) is 1.41. The first-order valence-corrected chi connectivity index (χ1v) is 3.43. The Hall–Kier alpha value is -2.31. The highest BCUT2D eigenvalue weighted by Gasteiger charge is 2.12. The maximum Gasteiger partial charge on any atom is 0.369 e. The summed E-state index contributed by atoms with van der Waals surface area (Å²) in [5.41, 5.74) is -0.357. The minimum atomic E-state index is -1.02. The van der Waals surface area contributed by atoms with Gasteiger partial charge < -0.3 is 0 Å². The number of benzene rings is 1. The van der Waals surface area contributed by atoms with Gasteiger partial charge in [0.1, 0.15) is 0 Å². The molecule has 0 amide bonds. The second-order valence-corrected chi connectivity index (χ2v) is 2.26. The number of nitro groups is 1. The number of carbonyl (C=O) groups excluding carboxylic acids is 1. The number of nitro benzene ring substituents is 1. The molecular formula is C7H4N2O5. The molecule has 0 unspecified atom stereocenters. The molecule has 0 aromatic heterocycles.